The first-order chi connectivity index (χ1) is 20.4. The Morgan fingerprint density at radius 2 is 1.86 bits per heavy atom. The molecule has 12 nitrogen and oxygen atoms in total. The fourth-order valence-electron chi connectivity index (χ4n) is 6.13. The molecular weight excluding hydrogens is 532 g/mol. The summed E-state index contributed by atoms with van der Waals surface area (Å²) < 4.78 is 3.52. The van der Waals surface area contributed by atoms with E-state index in [0.717, 1.165) is 79.4 Å². The van der Waals surface area contributed by atoms with Gasteiger partial charge in [0.25, 0.3) is 0 Å². The van der Waals surface area contributed by atoms with Gasteiger partial charge in [-0.1, -0.05) is 6.07 Å². The molecule has 2 atom stereocenters. The number of carbonyl (C=O) groups excluding carboxylic acids is 1. The molecule has 0 aromatic carbocycles. The number of aliphatic hydroxyl groups is 1. The van der Waals surface area contributed by atoms with E-state index in [1.165, 1.54) is 19.3 Å². The van der Waals surface area contributed by atoms with Crippen LogP contribution in [-0.2, 0) is 17.9 Å². The van der Waals surface area contributed by atoms with Crippen molar-refractivity contribution in [3.8, 4) is 0 Å². The van der Waals surface area contributed by atoms with Crippen LogP contribution in [0, 0.1) is 18.8 Å². The number of piperidine rings is 1. The molecule has 2 N–H and O–H groups in total. The summed E-state index contributed by atoms with van der Waals surface area (Å²) in [5.41, 5.74) is 4.64. The average molecular weight is 573 g/mol. The van der Waals surface area contributed by atoms with Crippen molar-refractivity contribution in [2.24, 2.45) is 11.8 Å². The van der Waals surface area contributed by atoms with Crippen LogP contribution in [0.5, 0.6) is 0 Å². The lowest BCUT2D eigenvalue weighted by atomic mass is 9.98. The highest BCUT2D eigenvalue weighted by Crippen LogP contribution is 2.39. The number of anilines is 3. The second kappa shape index (κ2) is 12.5. The molecule has 2 aliphatic heterocycles. The topological polar surface area (TPSA) is 120 Å². The Labute approximate surface area is 246 Å². The second-order valence-electron chi connectivity index (χ2n) is 11.7. The first-order valence-electron chi connectivity index (χ1n) is 14.8. The lowest BCUT2D eigenvalue weighted by Gasteiger charge is -2.33. The quantitative estimate of drug-likeness (QED) is 0.359. The van der Waals surface area contributed by atoms with E-state index in [1.54, 1.807) is 17.1 Å². The van der Waals surface area contributed by atoms with Gasteiger partial charge < -0.3 is 25.1 Å². The number of hydrogen-bond donors (Lipinski definition) is 2. The minimum Gasteiger partial charge on any atom is -0.392 e. The normalized spacial score (nSPS) is 20.5. The number of hydrogen-bond acceptors (Lipinski definition) is 9. The molecule has 12 heteroatoms. The number of carbonyl (C=O) groups is 1. The third-order valence-electron chi connectivity index (χ3n) is 8.49. The summed E-state index contributed by atoms with van der Waals surface area (Å²) in [6.07, 6.45) is 11.2. The predicted octanol–water partition coefficient (Wildman–Crippen LogP) is 2.56. The Bertz CT molecular complexity index is 1480. The molecule has 1 aliphatic carbocycles. The summed E-state index contributed by atoms with van der Waals surface area (Å²) in [7, 11) is 2.08. The van der Waals surface area contributed by atoms with Crippen LogP contribution in [0.2, 0.25) is 0 Å². The summed E-state index contributed by atoms with van der Waals surface area (Å²) in [6.45, 7) is 7.83. The highest BCUT2D eigenvalue weighted by molar-refractivity contribution is 5.76. The summed E-state index contributed by atoms with van der Waals surface area (Å²) in [6, 6.07) is 7.94. The number of fused-ring (bicyclic) bond motifs is 3. The second-order valence-corrected chi connectivity index (χ2v) is 11.7. The number of likely N-dealkylation sites (N-methyl/N-ethyl adjacent to an activating group) is 1. The first-order valence-corrected chi connectivity index (χ1v) is 14.8. The van der Waals surface area contributed by atoms with Crippen molar-refractivity contribution in [1.29, 1.82) is 0 Å². The van der Waals surface area contributed by atoms with Crippen molar-refractivity contribution in [3.05, 3.63) is 60.3 Å². The lowest BCUT2D eigenvalue weighted by molar-refractivity contribution is -0.133. The Morgan fingerprint density at radius 1 is 1.07 bits per heavy atom. The van der Waals surface area contributed by atoms with E-state index in [9.17, 15) is 4.79 Å². The van der Waals surface area contributed by atoms with Crippen LogP contribution in [0.1, 0.15) is 30.5 Å². The summed E-state index contributed by atoms with van der Waals surface area (Å²) in [5.74, 6) is 2.25. The predicted molar refractivity (Wildman–Crippen MR) is 161 cm³/mol. The van der Waals surface area contributed by atoms with Gasteiger partial charge in [-0.25, -0.2) is 4.52 Å². The molecule has 42 heavy (non-hydrogen) atoms. The summed E-state index contributed by atoms with van der Waals surface area (Å²) >= 11 is 0. The van der Waals surface area contributed by atoms with Gasteiger partial charge in [0, 0.05) is 63.6 Å². The fraction of sp³-hybridized carbons (Fsp3) is 0.500. The number of pyridine rings is 2. The zero-order valence-corrected chi connectivity index (χ0v) is 24.4. The highest BCUT2D eigenvalue weighted by Gasteiger charge is 2.33. The average Bonchev–Trinajstić information content (AvgIpc) is 3.71. The highest BCUT2D eigenvalue weighted by atomic mass is 16.3. The van der Waals surface area contributed by atoms with Gasteiger partial charge in [-0.3, -0.25) is 14.5 Å². The number of aliphatic hydroxyl groups excluding tert-OH is 1. The minimum atomic E-state index is 0.0767. The third kappa shape index (κ3) is 6.55. The maximum atomic E-state index is 12.6. The van der Waals surface area contributed by atoms with Gasteiger partial charge in [0.2, 0.25) is 11.9 Å². The summed E-state index contributed by atoms with van der Waals surface area (Å²) in [5, 5.41) is 20.8. The monoisotopic (exact) mass is 572 g/mol. The van der Waals surface area contributed by atoms with Crippen LogP contribution in [0.25, 0.3) is 5.65 Å². The largest absolute Gasteiger partial charge is 0.392 e. The molecule has 2 bridgehead atoms. The number of nitrogens with zero attached hydrogens (tertiary/aromatic N) is 9. The van der Waals surface area contributed by atoms with Gasteiger partial charge in [0.1, 0.15) is 6.54 Å². The van der Waals surface area contributed by atoms with Crippen molar-refractivity contribution in [3.63, 3.8) is 0 Å². The number of amides is 1. The van der Waals surface area contributed by atoms with Gasteiger partial charge in [-0.05, 0) is 68.8 Å². The fourth-order valence-corrected chi connectivity index (χ4v) is 6.13. The molecule has 3 aliphatic rings. The van der Waals surface area contributed by atoms with E-state index < -0.39 is 0 Å². The molecule has 222 valence electrons. The Morgan fingerprint density at radius 3 is 2.57 bits per heavy atom. The van der Waals surface area contributed by atoms with Crippen molar-refractivity contribution in [1.82, 2.24) is 39.2 Å². The molecule has 2 unspecified atom stereocenters. The van der Waals surface area contributed by atoms with E-state index in [2.05, 4.69) is 43.4 Å². The third-order valence-corrected chi connectivity index (χ3v) is 8.49. The van der Waals surface area contributed by atoms with Gasteiger partial charge in [0.15, 0.2) is 5.65 Å². The van der Waals surface area contributed by atoms with Gasteiger partial charge in [-0.2, -0.15) is 10.1 Å². The number of aromatic nitrogens is 6. The van der Waals surface area contributed by atoms with Crippen molar-refractivity contribution >= 4 is 28.9 Å². The lowest BCUT2D eigenvalue weighted by Crippen LogP contribution is -2.48. The van der Waals surface area contributed by atoms with Crippen molar-refractivity contribution in [2.75, 3.05) is 56.5 Å². The van der Waals surface area contributed by atoms with E-state index >= 15 is 0 Å². The molecule has 1 amide bonds. The molecule has 3 fully saturated rings. The van der Waals surface area contributed by atoms with E-state index in [-0.39, 0.29) is 19.1 Å². The van der Waals surface area contributed by atoms with Gasteiger partial charge >= 0.3 is 0 Å². The Hall–Kier alpha value is -4.03. The molecule has 4 aromatic rings. The Kier molecular flexibility index (Phi) is 8.34. The zero-order chi connectivity index (χ0) is 29.1. The van der Waals surface area contributed by atoms with E-state index in [4.69, 9.17) is 10.1 Å². The van der Waals surface area contributed by atoms with Crippen molar-refractivity contribution in [2.45, 2.75) is 39.3 Å². The number of piperazine rings is 1. The zero-order valence-electron chi connectivity index (χ0n) is 24.4. The first kappa shape index (κ1) is 28.1. The van der Waals surface area contributed by atoms with E-state index in [0.29, 0.717) is 5.95 Å². The summed E-state index contributed by atoms with van der Waals surface area (Å²) in [4.78, 5) is 28.0. The molecule has 1 saturated carbocycles. The van der Waals surface area contributed by atoms with Crippen molar-refractivity contribution < 1.29 is 9.90 Å². The van der Waals surface area contributed by atoms with Gasteiger partial charge in [0.05, 0.1) is 24.2 Å². The molecular formula is C30H40N10O2. The minimum absolute atomic E-state index is 0.0767. The molecule has 6 heterocycles. The smallest absolute Gasteiger partial charge is 0.247 e. The van der Waals surface area contributed by atoms with Gasteiger partial charge in [-0.15, -0.1) is 5.10 Å². The maximum absolute atomic E-state index is 12.6. The van der Waals surface area contributed by atoms with Crippen LogP contribution in [-0.4, -0.2) is 96.5 Å². The standard InChI is InChI=1S/C23H31N9O.C7H9NO/c1-28-7-9-29(10-8-28)21(33)16-31-15-19(12-24-31)25-23-26-22-20(3-2-6-32(22)27-23)30-13-17-4-5-18(11-17)14-30;1-6-2-3-7(5-9)4-8-6/h2-3,6,12,15,17-18H,4-5,7-11,13-14,16H2,1H3,(H,25,27);2-4,9H,5H2,1H3. The van der Waals surface area contributed by atoms with E-state index in [1.807, 2.05) is 46.9 Å². The van der Waals surface area contributed by atoms with Crippen LogP contribution < -0.4 is 10.2 Å². The van der Waals surface area contributed by atoms with Crippen LogP contribution in [0.3, 0.4) is 0 Å². The maximum Gasteiger partial charge on any atom is 0.247 e. The van der Waals surface area contributed by atoms with Crippen LogP contribution in [0.15, 0.2) is 49.1 Å². The number of aryl methyl sites for hydroxylation is 1. The number of rotatable bonds is 6. The Balaban J connectivity index is 0.000000302. The van der Waals surface area contributed by atoms with Crippen LogP contribution in [0.4, 0.5) is 17.3 Å². The molecule has 2 saturated heterocycles. The number of nitrogens with one attached hydrogen (secondary N) is 1. The van der Waals surface area contributed by atoms with Crippen LogP contribution >= 0.6 is 0 Å². The molecule has 4 aromatic heterocycles. The molecule has 0 radical (unpaired) electrons. The SMILES string of the molecule is CN1CCN(C(=O)Cn2cc(Nc3nc4c(N5CC6CCC(C6)C5)cccn4n3)cn2)CC1.Cc1ccc(CO)cn1. The molecule has 7 rings (SSSR count). The molecule has 0 spiro atoms.